The second-order valence-electron chi connectivity index (χ2n) is 5.06. The fraction of sp³-hybridized carbons (Fsp3) is 0.500. The molecule has 0 heterocycles. The molecule has 1 rings (SSSR count). The number of unbranched alkanes of at least 4 members (excludes halogenated alkanes) is 1. The van der Waals surface area contributed by atoms with Gasteiger partial charge in [-0.25, -0.2) is 4.79 Å². The first-order chi connectivity index (χ1) is 9.06. The van der Waals surface area contributed by atoms with Crippen molar-refractivity contribution in [1.29, 1.82) is 0 Å². The highest BCUT2D eigenvalue weighted by atomic mass is 16.5. The normalized spacial score (nSPS) is 10.5. The number of ether oxygens (including phenoxy) is 1. The van der Waals surface area contributed by atoms with E-state index in [1.807, 2.05) is 20.8 Å². The van der Waals surface area contributed by atoms with Crippen LogP contribution in [0.5, 0.6) is 0 Å². The molecular weight excluding hydrogens is 240 g/mol. The summed E-state index contributed by atoms with van der Waals surface area (Å²) < 4.78 is 5.17. The number of benzene rings is 1. The molecule has 0 bridgehead atoms. The predicted molar refractivity (Wildman–Crippen MR) is 75.4 cm³/mol. The van der Waals surface area contributed by atoms with Crippen molar-refractivity contribution in [3.05, 3.63) is 35.4 Å². The third kappa shape index (κ3) is 4.86. The minimum absolute atomic E-state index is 0.00181. The number of Topliss-reactive ketones (excluding diaryl/α,β-unsaturated/α-hetero) is 1. The minimum atomic E-state index is -0.402. The van der Waals surface area contributed by atoms with Gasteiger partial charge in [0.1, 0.15) is 0 Å². The van der Waals surface area contributed by atoms with Gasteiger partial charge in [-0.2, -0.15) is 0 Å². The fourth-order valence-electron chi connectivity index (χ4n) is 1.77. The quantitative estimate of drug-likeness (QED) is 0.425. The maximum atomic E-state index is 12.1. The molecule has 0 unspecified atom stereocenters. The van der Waals surface area contributed by atoms with Crippen molar-refractivity contribution in [3.8, 4) is 0 Å². The summed E-state index contributed by atoms with van der Waals surface area (Å²) in [5, 5.41) is 0. The van der Waals surface area contributed by atoms with E-state index in [0.29, 0.717) is 24.2 Å². The number of carbonyl (C=O) groups excluding carboxylic acids is 2. The number of ketones is 1. The van der Waals surface area contributed by atoms with Gasteiger partial charge >= 0.3 is 5.97 Å². The Morgan fingerprint density at radius 1 is 1.16 bits per heavy atom. The first-order valence-electron chi connectivity index (χ1n) is 6.85. The summed E-state index contributed by atoms with van der Waals surface area (Å²) in [6, 6.07) is 6.88. The maximum absolute atomic E-state index is 12.1. The maximum Gasteiger partial charge on any atom is 0.338 e. The minimum Gasteiger partial charge on any atom is -0.462 e. The van der Waals surface area contributed by atoms with Gasteiger partial charge in [-0.3, -0.25) is 4.79 Å². The van der Waals surface area contributed by atoms with Crippen LogP contribution in [0.15, 0.2) is 24.3 Å². The van der Waals surface area contributed by atoms with Crippen LogP contribution < -0.4 is 0 Å². The van der Waals surface area contributed by atoms with Crippen molar-refractivity contribution in [3.63, 3.8) is 0 Å². The van der Waals surface area contributed by atoms with Crippen LogP contribution >= 0.6 is 0 Å². The summed E-state index contributed by atoms with van der Waals surface area (Å²) in [6.45, 7) is 6.41. The van der Waals surface area contributed by atoms with Crippen molar-refractivity contribution in [1.82, 2.24) is 0 Å². The molecule has 0 aliphatic rings. The molecule has 0 aromatic heterocycles. The van der Waals surface area contributed by atoms with Gasteiger partial charge < -0.3 is 4.74 Å². The van der Waals surface area contributed by atoms with Gasteiger partial charge in [0.05, 0.1) is 12.2 Å². The van der Waals surface area contributed by atoms with Crippen molar-refractivity contribution < 1.29 is 14.3 Å². The second kappa shape index (κ2) is 7.72. The molecule has 3 heteroatoms. The van der Waals surface area contributed by atoms with E-state index >= 15 is 0 Å². The Kier molecular flexibility index (Phi) is 6.26. The number of hydrogen-bond acceptors (Lipinski definition) is 3. The Balaban J connectivity index is 2.83. The molecular formula is C16H22O3. The van der Waals surface area contributed by atoms with E-state index in [9.17, 15) is 9.59 Å². The second-order valence-corrected chi connectivity index (χ2v) is 5.06. The summed E-state index contributed by atoms with van der Waals surface area (Å²) >= 11 is 0. The van der Waals surface area contributed by atoms with E-state index < -0.39 is 5.97 Å². The summed E-state index contributed by atoms with van der Waals surface area (Å²) in [6.07, 6.45) is 2.26. The van der Waals surface area contributed by atoms with Crippen molar-refractivity contribution in [2.24, 2.45) is 5.92 Å². The van der Waals surface area contributed by atoms with Gasteiger partial charge in [-0.05, 0) is 18.4 Å². The predicted octanol–water partition coefficient (Wildman–Crippen LogP) is 3.87. The average molecular weight is 262 g/mol. The zero-order valence-electron chi connectivity index (χ0n) is 11.9. The molecule has 1 aromatic carbocycles. The van der Waals surface area contributed by atoms with Crippen LogP contribution in [0.2, 0.25) is 0 Å². The van der Waals surface area contributed by atoms with Gasteiger partial charge in [0.15, 0.2) is 5.78 Å². The monoisotopic (exact) mass is 262 g/mol. The number of esters is 1. The molecule has 0 saturated carbocycles. The topological polar surface area (TPSA) is 43.4 Å². The van der Waals surface area contributed by atoms with Crippen LogP contribution in [-0.2, 0) is 4.74 Å². The first kappa shape index (κ1) is 15.4. The SMILES string of the molecule is CCCCOC(=O)c1ccccc1C(=O)CC(C)C. The van der Waals surface area contributed by atoms with E-state index in [2.05, 4.69) is 0 Å². The van der Waals surface area contributed by atoms with Gasteiger partial charge in [0.2, 0.25) is 0 Å². The number of rotatable bonds is 7. The lowest BCUT2D eigenvalue weighted by Crippen LogP contribution is -2.13. The Morgan fingerprint density at radius 2 is 1.79 bits per heavy atom. The zero-order valence-corrected chi connectivity index (χ0v) is 11.9. The van der Waals surface area contributed by atoms with Crippen LogP contribution in [0, 0.1) is 5.92 Å². The molecule has 0 fully saturated rings. The lowest BCUT2D eigenvalue weighted by Gasteiger charge is -2.09. The smallest absolute Gasteiger partial charge is 0.338 e. The van der Waals surface area contributed by atoms with Gasteiger partial charge in [0, 0.05) is 12.0 Å². The molecule has 0 aliphatic carbocycles. The van der Waals surface area contributed by atoms with E-state index in [-0.39, 0.29) is 11.7 Å². The lowest BCUT2D eigenvalue weighted by atomic mass is 9.97. The van der Waals surface area contributed by atoms with Crippen LogP contribution in [0.25, 0.3) is 0 Å². The van der Waals surface area contributed by atoms with Crippen LogP contribution in [-0.4, -0.2) is 18.4 Å². The van der Waals surface area contributed by atoms with Crippen LogP contribution in [0.4, 0.5) is 0 Å². The zero-order chi connectivity index (χ0) is 14.3. The molecule has 0 N–H and O–H groups in total. The average Bonchev–Trinajstić information content (AvgIpc) is 2.38. The van der Waals surface area contributed by atoms with Gasteiger partial charge in [-0.1, -0.05) is 45.4 Å². The van der Waals surface area contributed by atoms with Crippen LogP contribution in [0.3, 0.4) is 0 Å². The standard InChI is InChI=1S/C16H22O3/c1-4-5-10-19-16(18)14-9-7-6-8-13(14)15(17)11-12(2)3/h6-9,12H,4-5,10-11H2,1-3H3. The number of carbonyl (C=O) groups is 2. The van der Waals surface area contributed by atoms with Gasteiger partial charge in [0.25, 0.3) is 0 Å². The van der Waals surface area contributed by atoms with Crippen molar-refractivity contribution >= 4 is 11.8 Å². The third-order valence-corrected chi connectivity index (χ3v) is 2.77. The van der Waals surface area contributed by atoms with E-state index in [1.54, 1.807) is 24.3 Å². The summed E-state index contributed by atoms with van der Waals surface area (Å²) in [7, 11) is 0. The molecule has 0 aliphatic heterocycles. The molecule has 19 heavy (non-hydrogen) atoms. The summed E-state index contributed by atoms with van der Waals surface area (Å²) in [5.74, 6) is -0.129. The van der Waals surface area contributed by atoms with E-state index in [0.717, 1.165) is 12.8 Å². The van der Waals surface area contributed by atoms with Crippen molar-refractivity contribution in [2.75, 3.05) is 6.61 Å². The Bertz CT molecular complexity index is 435. The molecule has 1 aromatic rings. The fourth-order valence-corrected chi connectivity index (χ4v) is 1.77. The highest BCUT2D eigenvalue weighted by Gasteiger charge is 2.18. The summed E-state index contributed by atoms with van der Waals surface area (Å²) in [4.78, 5) is 24.1. The molecule has 0 amide bonds. The molecule has 3 nitrogen and oxygen atoms in total. The third-order valence-electron chi connectivity index (χ3n) is 2.77. The van der Waals surface area contributed by atoms with E-state index in [1.165, 1.54) is 0 Å². The first-order valence-corrected chi connectivity index (χ1v) is 6.85. The highest BCUT2D eigenvalue weighted by molar-refractivity contribution is 6.06. The molecule has 0 spiro atoms. The Hall–Kier alpha value is -1.64. The Labute approximate surface area is 115 Å². The lowest BCUT2D eigenvalue weighted by molar-refractivity contribution is 0.0496. The number of hydrogen-bond donors (Lipinski definition) is 0. The highest BCUT2D eigenvalue weighted by Crippen LogP contribution is 2.15. The molecule has 0 saturated heterocycles. The molecule has 104 valence electrons. The molecule has 0 radical (unpaired) electrons. The van der Waals surface area contributed by atoms with E-state index in [4.69, 9.17) is 4.74 Å². The van der Waals surface area contributed by atoms with Crippen LogP contribution in [0.1, 0.15) is 60.7 Å². The van der Waals surface area contributed by atoms with Gasteiger partial charge in [-0.15, -0.1) is 0 Å². The summed E-state index contributed by atoms with van der Waals surface area (Å²) in [5.41, 5.74) is 0.849. The molecule has 0 atom stereocenters. The Morgan fingerprint density at radius 3 is 2.37 bits per heavy atom. The van der Waals surface area contributed by atoms with Crippen molar-refractivity contribution in [2.45, 2.75) is 40.0 Å². The largest absolute Gasteiger partial charge is 0.462 e.